The molecule has 0 radical (unpaired) electrons. The Kier molecular flexibility index (Phi) is 4.47. The third-order valence-corrected chi connectivity index (χ3v) is 6.51. The monoisotopic (exact) mass is 364 g/mol. The van der Waals surface area contributed by atoms with E-state index in [0.29, 0.717) is 29.4 Å². The smallest absolute Gasteiger partial charge is 0.134 e. The Labute approximate surface area is 153 Å². The lowest BCUT2D eigenvalue weighted by molar-refractivity contribution is -0.149. The van der Waals surface area contributed by atoms with Crippen molar-refractivity contribution in [3.63, 3.8) is 0 Å². The summed E-state index contributed by atoms with van der Waals surface area (Å²) in [6.07, 6.45) is 5.49. The first-order valence-corrected chi connectivity index (χ1v) is 9.45. The standard InChI is InChI=1S/C20H25ClO4/c1-24-19(13-2-3-16(21)17(23)8-13)18-14-6-12-7-15(18)11-20(9-12,10-14)25-5-4-22/h2-3,8,12,14-15,22-23H,4-7,9-11H2,1H3. The van der Waals surface area contributed by atoms with Gasteiger partial charge in [0.05, 0.1) is 30.9 Å². The predicted octanol–water partition coefficient (Wildman–Crippen LogP) is 3.99. The molecule has 5 rings (SSSR count). The molecule has 0 aliphatic heterocycles. The van der Waals surface area contributed by atoms with E-state index in [0.717, 1.165) is 30.6 Å². The van der Waals surface area contributed by atoms with Crippen LogP contribution in [0.15, 0.2) is 23.8 Å². The van der Waals surface area contributed by atoms with Crippen LogP contribution in [0.25, 0.3) is 5.76 Å². The zero-order valence-electron chi connectivity index (χ0n) is 14.5. The van der Waals surface area contributed by atoms with Gasteiger partial charge in [0, 0.05) is 5.56 Å². The molecule has 25 heavy (non-hydrogen) atoms. The highest BCUT2D eigenvalue weighted by Crippen LogP contribution is 2.60. The van der Waals surface area contributed by atoms with Crippen molar-refractivity contribution in [2.24, 2.45) is 17.8 Å². The van der Waals surface area contributed by atoms with E-state index in [2.05, 4.69) is 0 Å². The number of aliphatic hydroxyl groups is 1. The molecule has 0 saturated heterocycles. The fourth-order valence-electron chi connectivity index (χ4n) is 5.58. The molecular weight excluding hydrogens is 340 g/mol. The lowest BCUT2D eigenvalue weighted by Crippen LogP contribution is -2.53. The van der Waals surface area contributed by atoms with Crippen LogP contribution >= 0.6 is 11.6 Å². The number of hydrogen-bond donors (Lipinski definition) is 2. The number of allylic oxidation sites excluding steroid dienone is 1. The molecule has 1 aromatic rings. The Bertz CT molecular complexity index is 681. The van der Waals surface area contributed by atoms with E-state index in [1.165, 1.54) is 18.4 Å². The Hall–Kier alpha value is -1.23. The Morgan fingerprint density at radius 1 is 1.24 bits per heavy atom. The number of phenols is 1. The fraction of sp³-hybridized carbons (Fsp3) is 0.600. The van der Waals surface area contributed by atoms with Crippen molar-refractivity contribution in [3.8, 4) is 5.75 Å². The number of hydrogen-bond acceptors (Lipinski definition) is 4. The highest BCUT2D eigenvalue weighted by atomic mass is 35.5. The maximum atomic E-state index is 9.98. The van der Waals surface area contributed by atoms with Gasteiger partial charge in [0.2, 0.25) is 0 Å². The summed E-state index contributed by atoms with van der Waals surface area (Å²) in [5.41, 5.74) is 2.20. The molecule has 2 unspecified atom stereocenters. The molecule has 0 aromatic heterocycles. The number of benzene rings is 1. The van der Waals surface area contributed by atoms with Crippen molar-refractivity contribution in [1.82, 2.24) is 0 Å². The van der Waals surface area contributed by atoms with Crippen LogP contribution in [-0.4, -0.2) is 36.1 Å². The molecule has 136 valence electrons. The predicted molar refractivity (Wildman–Crippen MR) is 96.4 cm³/mol. The van der Waals surface area contributed by atoms with E-state index >= 15 is 0 Å². The summed E-state index contributed by atoms with van der Waals surface area (Å²) in [6, 6.07) is 5.32. The van der Waals surface area contributed by atoms with Gasteiger partial charge in [0.1, 0.15) is 11.5 Å². The van der Waals surface area contributed by atoms with E-state index in [1.54, 1.807) is 19.2 Å². The van der Waals surface area contributed by atoms with Crippen LogP contribution in [-0.2, 0) is 9.47 Å². The van der Waals surface area contributed by atoms with E-state index in [-0.39, 0.29) is 18.0 Å². The van der Waals surface area contributed by atoms with Gasteiger partial charge in [-0.25, -0.2) is 0 Å². The van der Waals surface area contributed by atoms with Gasteiger partial charge in [-0.3, -0.25) is 0 Å². The van der Waals surface area contributed by atoms with Crippen molar-refractivity contribution in [3.05, 3.63) is 34.4 Å². The SMILES string of the molecule is COC(=C1C2CC3CC1CC(OCCO)(C3)C2)c1ccc(Cl)c(O)c1. The van der Waals surface area contributed by atoms with Crippen molar-refractivity contribution in [1.29, 1.82) is 0 Å². The molecule has 4 fully saturated rings. The van der Waals surface area contributed by atoms with Crippen LogP contribution in [0.5, 0.6) is 5.75 Å². The summed E-state index contributed by atoms with van der Waals surface area (Å²) in [6.45, 7) is 0.505. The molecule has 4 aliphatic rings. The van der Waals surface area contributed by atoms with E-state index in [1.807, 2.05) is 6.07 Å². The van der Waals surface area contributed by atoms with Gasteiger partial charge in [0.25, 0.3) is 0 Å². The highest BCUT2D eigenvalue weighted by molar-refractivity contribution is 6.32. The zero-order chi connectivity index (χ0) is 17.6. The first-order chi connectivity index (χ1) is 12.0. The van der Waals surface area contributed by atoms with Gasteiger partial charge in [-0.1, -0.05) is 11.6 Å². The van der Waals surface area contributed by atoms with Gasteiger partial charge < -0.3 is 19.7 Å². The molecule has 0 amide bonds. The van der Waals surface area contributed by atoms with Crippen LogP contribution in [0, 0.1) is 17.8 Å². The number of aliphatic hydroxyl groups excluding tert-OH is 1. The minimum Gasteiger partial charge on any atom is -0.506 e. The van der Waals surface area contributed by atoms with Crippen molar-refractivity contribution >= 4 is 17.4 Å². The van der Waals surface area contributed by atoms with Crippen LogP contribution in [0.1, 0.15) is 37.7 Å². The average molecular weight is 365 g/mol. The van der Waals surface area contributed by atoms with E-state index < -0.39 is 0 Å². The second kappa shape index (κ2) is 6.49. The molecule has 1 aromatic carbocycles. The molecule has 4 aliphatic carbocycles. The lowest BCUT2D eigenvalue weighted by atomic mass is 9.52. The Morgan fingerprint density at radius 3 is 2.56 bits per heavy atom. The first kappa shape index (κ1) is 17.2. The summed E-state index contributed by atoms with van der Waals surface area (Å²) in [5.74, 6) is 2.59. The van der Waals surface area contributed by atoms with Crippen molar-refractivity contribution in [2.45, 2.75) is 37.7 Å². The Morgan fingerprint density at radius 2 is 1.96 bits per heavy atom. The number of aromatic hydroxyl groups is 1. The molecule has 0 heterocycles. The molecule has 2 atom stereocenters. The van der Waals surface area contributed by atoms with Crippen LogP contribution in [0.2, 0.25) is 5.02 Å². The summed E-state index contributed by atoms with van der Waals surface area (Å²) in [7, 11) is 1.71. The molecule has 4 nitrogen and oxygen atoms in total. The summed E-state index contributed by atoms with van der Waals surface area (Å²) in [5, 5.41) is 19.5. The topological polar surface area (TPSA) is 58.9 Å². The second-order valence-corrected chi connectivity index (χ2v) is 8.16. The van der Waals surface area contributed by atoms with Crippen LogP contribution in [0.3, 0.4) is 0 Å². The molecule has 5 heteroatoms. The van der Waals surface area contributed by atoms with E-state index in [4.69, 9.17) is 26.2 Å². The number of ether oxygens (including phenoxy) is 2. The van der Waals surface area contributed by atoms with Gasteiger partial charge in [-0.05, 0) is 73.6 Å². The number of phenolic OH excluding ortho intramolecular Hbond substituents is 1. The number of halogens is 1. The van der Waals surface area contributed by atoms with Gasteiger partial charge in [-0.15, -0.1) is 0 Å². The normalized spacial score (nSPS) is 32.9. The quantitative estimate of drug-likeness (QED) is 0.775. The minimum atomic E-state index is -0.0658. The van der Waals surface area contributed by atoms with Crippen LogP contribution in [0.4, 0.5) is 0 Å². The second-order valence-electron chi connectivity index (χ2n) is 7.75. The number of rotatable bonds is 5. The zero-order valence-corrected chi connectivity index (χ0v) is 15.3. The Balaban J connectivity index is 1.70. The maximum absolute atomic E-state index is 9.98. The van der Waals surface area contributed by atoms with Gasteiger partial charge in [0.15, 0.2) is 0 Å². The summed E-state index contributed by atoms with van der Waals surface area (Å²) in [4.78, 5) is 0. The minimum absolute atomic E-state index is 0.0658. The third-order valence-electron chi connectivity index (χ3n) is 6.19. The maximum Gasteiger partial charge on any atom is 0.134 e. The summed E-state index contributed by atoms with van der Waals surface area (Å²) < 4.78 is 11.9. The van der Waals surface area contributed by atoms with Crippen LogP contribution < -0.4 is 0 Å². The van der Waals surface area contributed by atoms with Crippen molar-refractivity contribution in [2.75, 3.05) is 20.3 Å². The first-order valence-electron chi connectivity index (χ1n) is 9.07. The molecule has 4 saturated carbocycles. The largest absolute Gasteiger partial charge is 0.506 e. The number of methoxy groups -OCH3 is 1. The molecule has 2 N–H and O–H groups in total. The lowest BCUT2D eigenvalue weighted by Gasteiger charge is -2.57. The fourth-order valence-corrected chi connectivity index (χ4v) is 5.70. The molecule has 0 spiro atoms. The average Bonchev–Trinajstić information content (AvgIpc) is 2.58. The molecular formula is C20H25ClO4. The van der Waals surface area contributed by atoms with E-state index in [9.17, 15) is 5.11 Å². The molecule has 4 bridgehead atoms. The highest BCUT2D eigenvalue weighted by Gasteiger charge is 2.54. The van der Waals surface area contributed by atoms with Crippen molar-refractivity contribution < 1.29 is 19.7 Å². The third kappa shape index (κ3) is 2.94. The van der Waals surface area contributed by atoms with Gasteiger partial charge in [-0.2, -0.15) is 0 Å². The summed E-state index contributed by atoms with van der Waals surface area (Å²) >= 11 is 5.96. The van der Waals surface area contributed by atoms with Gasteiger partial charge >= 0.3 is 0 Å².